The molecule has 4 atom stereocenters. The minimum Gasteiger partial charge on any atom is -0.326 e. The van der Waals surface area contributed by atoms with Crippen LogP contribution in [0.25, 0.3) is 0 Å². The molecule has 2 fully saturated rings. The van der Waals surface area contributed by atoms with Crippen molar-refractivity contribution in [3.63, 3.8) is 0 Å². The summed E-state index contributed by atoms with van der Waals surface area (Å²) >= 11 is 25.3. The zero-order valence-corrected chi connectivity index (χ0v) is 23.5. The first-order valence-corrected chi connectivity index (χ1v) is 13.8. The molecule has 202 valence electrons. The average Bonchev–Trinajstić information content (AvgIpc) is 3.60. The molecule has 0 unspecified atom stereocenters. The number of aryl methyl sites for hydroxylation is 1. The molecule has 6 rings (SSSR count). The van der Waals surface area contributed by atoms with E-state index < -0.39 is 41.1 Å². The highest BCUT2D eigenvalue weighted by atomic mass is 35.5. The number of amides is 3. The quantitative estimate of drug-likeness (QED) is 0.379. The maximum Gasteiger partial charge on any atom is 0.250 e. The summed E-state index contributed by atoms with van der Waals surface area (Å²) in [5, 5.41) is 9.86. The van der Waals surface area contributed by atoms with Crippen LogP contribution in [-0.2, 0) is 27.0 Å². The molecular weight excluding hydrogens is 586 g/mol. The van der Waals surface area contributed by atoms with Gasteiger partial charge in [-0.3, -0.25) is 24.6 Å². The van der Waals surface area contributed by atoms with Crippen molar-refractivity contribution < 1.29 is 14.4 Å². The number of imidazole rings is 1. The van der Waals surface area contributed by atoms with Crippen molar-refractivity contribution in [1.82, 2.24) is 14.5 Å². The monoisotopic (exact) mass is 606 g/mol. The second-order valence-electron chi connectivity index (χ2n) is 9.94. The lowest BCUT2D eigenvalue weighted by molar-refractivity contribution is -0.137. The summed E-state index contributed by atoms with van der Waals surface area (Å²) in [5.74, 6) is -3.18. The van der Waals surface area contributed by atoms with Gasteiger partial charge in [0.25, 0.3) is 5.91 Å². The maximum atomic E-state index is 14.2. The molecule has 1 aromatic heterocycles. The molecule has 1 spiro atoms. The van der Waals surface area contributed by atoms with Gasteiger partial charge in [0.1, 0.15) is 5.54 Å². The number of carbonyl (C=O) groups excluding carboxylic acids is 3. The maximum absolute atomic E-state index is 14.2. The van der Waals surface area contributed by atoms with Crippen LogP contribution in [-0.4, -0.2) is 44.8 Å². The van der Waals surface area contributed by atoms with Gasteiger partial charge >= 0.3 is 0 Å². The minimum absolute atomic E-state index is 0.253. The smallest absolute Gasteiger partial charge is 0.250 e. The molecule has 39 heavy (non-hydrogen) atoms. The summed E-state index contributed by atoms with van der Waals surface area (Å²) in [6, 6.07) is 7.47. The average molecular weight is 608 g/mol. The van der Waals surface area contributed by atoms with E-state index in [1.165, 1.54) is 6.07 Å². The molecule has 3 N–H and O–H groups in total. The van der Waals surface area contributed by atoms with Crippen LogP contribution in [0.3, 0.4) is 0 Å². The van der Waals surface area contributed by atoms with Gasteiger partial charge in [-0.15, -0.1) is 0 Å². The number of hydrogen-bond donors (Lipinski definition) is 3. The highest BCUT2D eigenvalue weighted by Gasteiger charge is 2.71. The van der Waals surface area contributed by atoms with Crippen LogP contribution >= 0.6 is 46.4 Å². The van der Waals surface area contributed by atoms with Gasteiger partial charge in [-0.25, -0.2) is 4.98 Å². The summed E-state index contributed by atoms with van der Waals surface area (Å²) < 4.78 is 1.64. The molecule has 3 amide bonds. The van der Waals surface area contributed by atoms with Gasteiger partial charge in [-0.05, 0) is 49.7 Å². The number of rotatable bonds is 4. The minimum atomic E-state index is -1.52. The lowest BCUT2D eigenvalue weighted by Crippen LogP contribution is -2.54. The van der Waals surface area contributed by atoms with Crippen molar-refractivity contribution in [1.29, 1.82) is 0 Å². The topological polar surface area (TPSA) is 108 Å². The first-order chi connectivity index (χ1) is 18.6. The largest absolute Gasteiger partial charge is 0.326 e. The number of nitrogens with zero attached hydrogens (tertiary/aromatic N) is 3. The first-order valence-electron chi connectivity index (χ1n) is 12.2. The fourth-order valence-corrected chi connectivity index (χ4v) is 7.46. The van der Waals surface area contributed by atoms with E-state index in [0.29, 0.717) is 45.0 Å². The number of nitrogens with one attached hydrogen (secondary N) is 3. The number of carbonyl (C=O) groups is 3. The van der Waals surface area contributed by atoms with Crippen LogP contribution in [0.1, 0.15) is 18.4 Å². The normalized spacial score (nSPS) is 25.5. The Labute approximate surface area is 243 Å². The fraction of sp³-hybridized carbons (Fsp3) is 0.308. The van der Waals surface area contributed by atoms with Crippen LogP contribution in [0, 0.1) is 11.8 Å². The Hall–Kier alpha value is -2.82. The third-order valence-corrected chi connectivity index (χ3v) is 8.75. The zero-order valence-electron chi connectivity index (χ0n) is 20.5. The van der Waals surface area contributed by atoms with Gasteiger partial charge in [0, 0.05) is 51.8 Å². The SMILES string of the molecule is Cn1ccnc1NC(=O)[C@H]1[C@@H](C(=O)Nc2cc(Cl)cc(Cl)c2)[C@H]2CCCN2[C@]12C(=O)Nc1c(Cl)cc(Cl)cc12. The molecule has 0 bridgehead atoms. The van der Waals surface area contributed by atoms with Crippen LogP contribution in [0.4, 0.5) is 17.3 Å². The summed E-state index contributed by atoms with van der Waals surface area (Å²) in [4.78, 5) is 48.5. The molecule has 4 heterocycles. The van der Waals surface area contributed by atoms with E-state index in [-0.39, 0.29) is 11.0 Å². The highest BCUT2D eigenvalue weighted by molar-refractivity contribution is 6.38. The van der Waals surface area contributed by atoms with E-state index in [1.807, 2.05) is 4.90 Å². The number of benzene rings is 2. The Morgan fingerprint density at radius 3 is 2.44 bits per heavy atom. The van der Waals surface area contributed by atoms with E-state index in [1.54, 1.807) is 48.3 Å². The van der Waals surface area contributed by atoms with Crippen LogP contribution in [0.5, 0.6) is 0 Å². The summed E-state index contributed by atoms with van der Waals surface area (Å²) in [6.07, 6.45) is 4.58. The van der Waals surface area contributed by atoms with E-state index in [9.17, 15) is 14.4 Å². The fourth-order valence-electron chi connectivity index (χ4n) is 6.40. The van der Waals surface area contributed by atoms with E-state index in [2.05, 4.69) is 20.9 Å². The van der Waals surface area contributed by atoms with Gasteiger partial charge < -0.3 is 15.2 Å². The van der Waals surface area contributed by atoms with Crippen molar-refractivity contribution >= 4 is 81.4 Å². The lowest BCUT2D eigenvalue weighted by atomic mass is 9.73. The standard InChI is InChI=1S/C26H22Cl4N6O3/c1-35-6-4-31-25(35)34-23(38)20-19(22(37)32-15-8-12(27)7-13(28)9-15)18-3-2-5-36(18)26(20)16-10-14(29)11-17(30)21(16)33-24(26)39/h4,6-11,18-20H,2-3,5H2,1H3,(H,32,37)(H,33,39)(H,31,34,38)/t18-,19+,20-,26+/m1/s1. The summed E-state index contributed by atoms with van der Waals surface area (Å²) in [6.45, 7) is 0.501. The van der Waals surface area contributed by atoms with Crippen molar-refractivity contribution in [2.75, 3.05) is 22.5 Å². The molecule has 3 aliphatic rings. The molecule has 0 radical (unpaired) electrons. The molecular formula is C26H22Cl4N6O3. The first kappa shape index (κ1) is 26.4. The lowest BCUT2D eigenvalue weighted by Gasteiger charge is -2.36. The van der Waals surface area contributed by atoms with Crippen LogP contribution in [0.15, 0.2) is 42.7 Å². The van der Waals surface area contributed by atoms with Gasteiger partial charge in [-0.2, -0.15) is 0 Å². The van der Waals surface area contributed by atoms with Crippen molar-refractivity contribution in [3.8, 4) is 0 Å². The third kappa shape index (κ3) is 4.10. The third-order valence-electron chi connectivity index (χ3n) is 7.80. The molecule has 2 saturated heterocycles. The number of aromatic nitrogens is 2. The second-order valence-corrected chi connectivity index (χ2v) is 11.7. The van der Waals surface area contributed by atoms with Gasteiger partial charge in [0.05, 0.1) is 22.5 Å². The van der Waals surface area contributed by atoms with Crippen LogP contribution < -0.4 is 16.0 Å². The van der Waals surface area contributed by atoms with Gasteiger partial charge in [0.15, 0.2) is 0 Å². The predicted molar refractivity (Wildman–Crippen MR) is 150 cm³/mol. The number of hydrogen-bond acceptors (Lipinski definition) is 5. The Morgan fingerprint density at radius 1 is 1.03 bits per heavy atom. The molecule has 9 nitrogen and oxygen atoms in total. The number of fused-ring (bicyclic) bond motifs is 4. The van der Waals surface area contributed by atoms with Gasteiger partial charge in [-0.1, -0.05) is 46.4 Å². The molecule has 0 aliphatic carbocycles. The number of anilines is 3. The van der Waals surface area contributed by atoms with Gasteiger partial charge in [0.2, 0.25) is 17.8 Å². The van der Waals surface area contributed by atoms with Crippen LogP contribution in [0.2, 0.25) is 20.1 Å². The van der Waals surface area contributed by atoms with E-state index in [4.69, 9.17) is 46.4 Å². The van der Waals surface area contributed by atoms with Crippen molar-refractivity contribution in [2.45, 2.75) is 24.4 Å². The summed E-state index contributed by atoms with van der Waals surface area (Å²) in [7, 11) is 1.73. The van der Waals surface area contributed by atoms with Crippen molar-refractivity contribution in [3.05, 3.63) is 68.4 Å². The van der Waals surface area contributed by atoms with E-state index >= 15 is 0 Å². The molecule has 13 heteroatoms. The predicted octanol–water partition coefficient (Wildman–Crippen LogP) is 5.17. The Balaban J connectivity index is 1.51. The Morgan fingerprint density at radius 2 is 1.74 bits per heavy atom. The molecule has 3 aliphatic heterocycles. The molecule has 3 aromatic rings. The second kappa shape index (κ2) is 9.67. The Kier molecular flexibility index (Phi) is 6.55. The summed E-state index contributed by atoms with van der Waals surface area (Å²) in [5.41, 5.74) is -0.283. The van der Waals surface area contributed by atoms with E-state index in [0.717, 1.165) is 6.42 Å². The molecule has 2 aromatic carbocycles. The number of halogens is 4. The van der Waals surface area contributed by atoms with Crippen molar-refractivity contribution in [2.24, 2.45) is 18.9 Å². The Bertz CT molecular complexity index is 1520. The highest BCUT2D eigenvalue weighted by Crippen LogP contribution is 2.59. The molecule has 0 saturated carbocycles. The zero-order chi connectivity index (χ0) is 27.6.